The Hall–Kier alpha value is -1.11. The first-order valence-corrected chi connectivity index (χ1v) is 6.96. The highest BCUT2D eigenvalue weighted by Crippen LogP contribution is 2.23. The summed E-state index contributed by atoms with van der Waals surface area (Å²) in [4.78, 5) is 14.1. The molecule has 2 heterocycles. The summed E-state index contributed by atoms with van der Waals surface area (Å²) in [6.07, 6.45) is -0.172. The molecule has 1 saturated heterocycles. The highest BCUT2D eigenvalue weighted by molar-refractivity contribution is 6.18. The summed E-state index contributed by atoms with van der Waals surface area (Å²) in [7, 11) is 1.56. The van der Waals surface area contributed by atoms with Crippen LogP contribution >= 0.6 is 11.6 Å². The maximum atomic E-state index is 12.4. The monoisotopic (exact) mass is 302 g/mol. The van der Waals surface area contributed by atoms with E-state index in [-0.39, 0.29) is 17.7 Å². The number of aromatic nitrogens is 1. The summed E-state index contributed by atoms with van der Waals surface area (Å²) < 4.78 is 15.8. The first-order chi connectivity index (χ1) is 9.45. The van der Waals surface area contributed by atoms with Gasteiger partial charge in [0.25, 0.3) is 5.91 Å². The lowest BCUT2D eigenvalue weighted by Gasteiger charge is -2.42. The van der Waals surface area contributed by atoms with Gasteiger partial charge in [-0.15, -0.1) is 11.6 Å². The molecule has 0 spiro atoms. The van der Waals surface area contributed by atoms with E-state index in [9.17, 15) is 4.79 Å². The van der Waals surface area contributed by atoms with Gasteiger partial charge in [0.1, 0.15) is 6.61 Å². The topological polar surface area (TPSA) is 64.8 Å². The molecule has 2 rings (SSSR count). The molecule has 7 heteroatoms. The fourth-order valence-corrected chi connectivity index (χ4v) is 2.48. The SMILES string of the molecule is COCc1cc(C(=O)N2CC(CCl)OC(C)(C)C2)no1. The van der Waals surface area contributed by atoms with E-state index in [1.54, 1.807) is 18.1 Å². The summed E-state index contributed by atoms with van der Waals surface area (Å²) in [6.45, 7) is 5.11. The predicted molar refractivity (Wildman–Crippen MR) is 72.8 cm³/mol. The van der Waals surface area contributed by atoms with E-state index < -0.39 is 5.60 Å². The Bertz CT molecular complexity index is 475. The third-order valence-corrected chi connectivity index (χ3v) is 3.35. The molecule has 0 aliphatic carbocycles. The van der Waals surface area contributed by atoms with Crippen LogP contribution in [0.5, 0.6) is 0 Å². The van der Waals surface area contributed by atoms with Gasteiger partial charge in [-0.3, -0.25) is 4.79 Å². The van der Waals surface area contributed by atoms with Crippen molar-refractivity contribution in [2.75, 3.05) is 26.1 Å². The summed E-state index contributed by atoms with van der Waals surface area (Å²) in [5.41, 5.74) is -0.143. The fourth-order valence-electron chi connectivity index (χ4n) is 2.32. The van der Waals surface area contributed by atoms with E-state index in [1.807, 2.05) is 13.8 Å². The number of methoxy groups -OCH3 is 1. The smallest absolute Gasteiger partial charge is 0.276 e. The molecular weight excluding hydrogens is 284 g/mol. The van der Waals surface area contributed by atoms with Crippen LogP contribution in [-0.4, -0.2) is 53.7 Å². The molecule has 1 aromatic heterocycles. The van der Waals surface area contributed by atoms with Crippen LogP contribution in [0.15, 0.2) is 10.6 Å². The van der Waals surface area contributed by atoms with E-state index in [2.05, 4.69) is 5.16 Å². The summed E-state index contributed by atoms with van der Waals surface area (Å²) in [5, 5.41) is 3.79. The van der Waals surface area contributed by atoms with Crippen molar-refractivity contribution < 1.29 is 18.8 Å². The van der Waals surface area contributed by atoms with Crippen LogP contribution in [0.2, 0.25) is 0 Å². The minimum Gasteiger partial charge on any atom is -0.377 e. The van der Waals surface area contributed by atoms with Crippen LogP contribution in [-0.2, 0) is 16.1 Å². The van der Waals surface area contributed by atoms with Gasteiger partial charge in [0.2, 0.25) is 0 Å². The molecule has 20 heavy (non-hydrogen) atoms. The Balaban J connectivity index is 2.10. The molecule has 0 aromatic carbocycles. The van der Waals surface area contributed by atoms with Crippen molar-refractivity contribution in [1.29, 1.82) is 0 Å². The minimum absolute atomic E-state index is 0.172. The molecule has 1 unspecified atom stereocenters. The maximum absolute atomic E-state index is 12.4. The molecule has 0 bridgehead atoms. The van der Waals surface area contributed by atoms with Crippen molar-refractivity contribution in [3.63, 3.8) is 0 Å². The van der Waals surface area contributed by atoms with Crippen LogP contribution in [0, 0.1) is 0 Å². The molecule has 1 amide bonds. The average molecular weight is 303 g/mol. The van der Waals surface area contributed by atoms with E-state index >= 15 is 0 Å². The molecule has 6 nitrogen and oxygen atoms in total. The fraction of sp³-hybridized carbons (Fsp3) is 0.692. The van der Waals surface area contributed by atoms with Crippen molar-refractivity contribution in [3.8, 4) is 0 Å². The Morgan fingerprint density at radius 3 is 3.05 bits per heavy atom. The van der Waals surface area contributed by atoms with Gasteiger partial charge in [-0.1, -0.05) is 5.16 Å². The van der Waals surface area contributed by atoms with Crippen molar-refractivity contribution >= 4 is 17.5 Å². The number of hydrogen-bond donors (Lipinski definition) is 0. The summed E-state index contributed by atoms with van der Waals surface area (Å²) in [5.74, 6) is 0.695. The molecule has 1 atom stereocenters. The van der Waals surface area contributed by atoms with Gasteiger partial charge in [-0.2, -0.15) is 0 Å². The van der Waals surface area contributed by atoms with Crippen molar-refractivity contribution in [2.24, 2.45) is 0 Å². The van der Waals surface area contributed by atoms with Crippen LogP contribution < -0.4 is 0 Å². The normalized spacial score (nSPS) is 22.0. The summed E-state index contributed by atoms with van der Waals surface area (Å²) >= 11 is 5.86. The standard InChI is InChI=1S/C13H19ClN2O4/c1-13(2)8-16(6-10(5-14)19-13)12(17)11-4-9(7-18-3)20-15-11/h4,10H,5-8H2,1-3H3. The number of halogens is 1. The van der Waals surface area contributed by atoms with E-state index in [0.717, 1.165) is 0 Å². The second-order valence-corrected chi connectivity index (χ2v) is 5.76. The maximum Gasteiger partial charge on any atom is 0.276 e. The molecule has 1 aliphatic heterocycles. The lowest BCUT2D eigenvalue weighted by molar-refractivity contribution is -0.117. The highest BCUT2D eigenvalue weighted by Gasteiger charge is 2.36. The third-order valence-electron chi connectivity index (χ3n) is 3.01. The first kappa shape index (κ1) is 15.3. The van der Waals surface area contributed by atoms with Crippen LogP contribution in [0.3, 0.4) is 0 Å². The van der Waals surface area contributed by atoms with Gasteiger partial charge in [-0.25, -0.2) is 0 Å². The highest BCUT2D eigenvalue weighted by atomic mass is 35.5. The lowest BCUT2D eigenvalue weighted by atomic mass is 10.1. The van der Waals surface area contributed by atoms with Crippen LogP contribution in [0.25, 0.3) is 0 Å². The summed E-state index contributed by atoms with van der Waals surface area (Å²) in [6, 6.07) is 1.60. The average Bonchev–Trinajstić information content (AvgIpc) is 2.85. The molecule has 1 aliphatic rings. The molecule has 0 N–H and O–H groups in total. The van der Waals surface area contributed by atoms with Gasteiger partial charge in [0, 0.05) is 26.3 Å². The van der Waals surface area contributed by atoms with Gasteiger partial charge in [0.15, 0.2) is 11.5 Å². The lowest BCUT2D eigenvalue weighted by Crippen LogP contribution is -2.55. The second-order valence-electron chi connectivity index (χ2n) is 5.45. The number of morpholine rings is 1. The molecular formula is C13H19ClN2O4. The number of hydrogen-bond acceptors (Lipinski definition) is 5. The van der Waals surface area contributed by atoms with Crippen LogP contribution in [0.1, 0.15) is 30.1 Å². The quantitative estimate of drug-likeness (QED) is 0.792. The zero-order valence-corrected chi connectivity index (χ0v) is 12.6. The van der Waals surface area contributed by atoms with Gasteiger partial charge < -0.3 is 18.9 Å². The third kappa shape index (κ3) is 3.50. The number of nitrogens with zero attached hydrogens (tertiary/aromatic N) is 2. The van der Waals surface area contributed by atoms with E-state index in [4.69, 9.17) is 25.6 Å². The minimum atomic E-state index is -0.424. The Labute approximate surface area is 122 Å². The van der Waals surface area contributed by atoms with Gasteiger partial charge >= 0.3 is 0 Å². The first-order valence-electron chi connectivity index (χ1n) is 6.43. The van der Waals surface area contributed by atoms with Crippen molar-refractivity contribution in [1.82, 2.24) is 10.1 Å². The zero-order chi connectivity index (χ0) is 14.8. The Morgan fingerprint density at radius 2 is 2.40 bits per heavy atom. The number of amides is 1. The van der Waals surface area contributed by atoms with Crippen LogP contribution in [0.4, 0.5) is 0 Å². The van der Waals surface area contributed by atoms with Crippen molar-refractivity contribution in [3.05, 3.63) is 17.5 Å². The number of carbonyl (C=O) groups excluding carboxylic acids is 1. The number of ether oxygens (including phenoxy) is 2. The number of rotatable bonds is 4. The Kier molecular flexibility index (Phi) is 4.67. The Morgan fingerprint density at radius 1 is 1.65 bits per heavy atom. The zero-order valence-electron chi connectivity index (χ0n) is 11.9. The predicted octanol–water partition coefficient (Wildman–Crippen LogP) is 1.68. The second kappa shape index (κ2) is 6.11. The van der Waals surface area contributed by atoms with Gasteiger partial charge in [0.05, 0.1) is 17.6 Å². The number of alkyl halides is 1. The molecule has 0 radical (unpaired) electrons. The van der Waals surface area contributed by atoms with E-state index in [1.165, 1.54) is 0 Å². The molecule has 112 valence electrons. The molecule has 1 fully saturated rings. The van der Waals surface area contributed by atoms with Crippen molar-refractivity contribution in [2.45, 2.75) is 32.2 Å². The molecule has 0 saturated carbocycles. The largest absolute Gasteiger partial charge is 0.377 e. The number of carbonyl (C=O) groups is 1. The van der Waals surface area contributed by atoms with E-state index in [0.29, 0.717) is 31.3 Å². The molecule has 1 aromatic rings. The van der Waals surface area contributed by atoms with Gasteiger partial charge in [-0.05, 0) is 13.8 Å².